The fourth-order valence-corrected chi connectivity index (χ4v) is 9.30. The van der Waals surface area contributed by atoms with Gasteiger partial charge in [0.1, 0.15) is 24.2 Å². The van der Waals surface area contributed by atoms with Crippen molar-refractivity contribution in [1.82, 2.24) is 20.0 Å². The Hall–Kier alpha value is -5.45. The zero-order valence-electron chi connectivity index (χ0n) is 33.1. The van der Waals surface area contributed by atoms with E-state index >= 15 is 4.39 Å². The lowest BCUT2D eigenvalue weighted by molar-refractivity contribution is -0.136. The normalized spacial score (nSPS) is 20.2. The molecule has 3 fully saturated rings. The molecule has 4 aromatic carbocycles. The van der Waals surface area contributed by atoms with E-state index in [9.17, 15) is 19.2 Å². The van der Waals surface area contributed by atoms with Gasteiger partial charge in [-0.3, -0.25) is 34.3 Å². The summed E-state index contributed by atoms with van der Waals surface area (Å²) in [5.74, 6) is -1.46. The van der Waals surface area contributed by atoms with Crippen molar-refractivity contribution in [2.75, 3.05) is 45.9 Å². The zero-order valence-corrected chi connectivity index (χ0v) is 33.1. The molecular weight excluding hydrogens is 732 g/mol. The minimum Gasteiger partial charge on any atom is -0.492 e. The van der Waals surface area contributed by atoms with Gasteiger partial charge in [-0.15, -0.1) is 0 Å². The average Bonchev–Trinajstić information content (AvgIpc) is 3.48. The molecule has 8 rings (SSSR count). The highest BCUT2D eigenvalue weighted by Crippen LogP contribution is 2.37. The first-order valence-corrected chi connectivity index (χ1v) is 20.8. The molecule has 0 bridgehead atoms. The predicted molar refractivity (Wildman–Crippen MR) is 222 cm³/mol. The third-order valence-electron chi connectivity index (χ3n) is 12.5. The molecule has 4 aromatic rings. The summed E-state index contributed by atoms with van der Waals surface area (Å²) in [5.41, 5.74) is 6.77. The van der Waals surface area contributed by atoms with E-state index in [0.717, 1.165) is 88.1 Å². The molecule has 0 saturated carbocycles. The smallest absolute Gasteiger partial charge is 0.262 e. The summed E-state index contributed by atoms with van der Waals surface area (Å²) in [6, 6.07) is 31.4. The van der Waals surface area contributed by atoms with E-state index in [-0.39, 0.29) is 29.9 Å². The molecule has 58 heavy (non-hydrogen) atoms. The van der Waals surface area contributed by atoms with Crippen molar-refractivity contribution in [3.05, 3.63) is 136 Å². The van der Waals surface area contributed by atoms with Crippen LogP contribution in [-0.2, 0) is 9.59 Å². The molecule has 0 spiro atoms. The second-order valence-electron chi connectivity index (χ2n) is 16.0. The van der Waals surface area contributed by atoms with Crippen LogP contribution in [0.2, 0.25) is 0 Å². The highest BCUT2D eigenvalue weighted by atomic mass is 19.1. The number of ether oxygens (including phenoxy) is 1. The number of nitrogens with one attached hydrogen (secondary N) is 1. The molecule has 1 unspecified atom stereocenters. The predicted octanol–water partition coefficient (Wildman–Crippen LogP) is 7.57. The van der Waals surface area contributed by atoms with Crippen LogP contribution in [-0.4, -0.2) is 90.2 Å². The van der Waals surface area contributed by atoms with E-state index < -0.39 is 35.5 Å². The molecule has 1 atom stereocenters. The number of carbonyl (C=O) groups is 4. The van der Waals surface area contributed by atoms with Crippen LogP contribution in [0, 0.1) is 11.7 Å². The Labute approximate surface area is 339 Å². The van der Waals surface area contributed by atoms with Crippen molar-refractivity contribution >= 4 is 34.8 Å². The zero-order chi connectivity index (χ0) is 40.2. The molecule has 0 aliphatic carbocycles. The van der Waals surface area contributed by atoms with Crippen molar-refractivity contribution in [3.63, 3.8) is 0 Å². The number of imide groups is 2. The number of amides is 4. The fraction of sp³-hybridized carbons (Fsp3) is 0.375. The maximum Gasteiger partial charge on any atom is 0.262 e. The number of benzene rings is 4. The van der Waals surface area contributed by atoms with Gasteiger partial charge in [0.25, 0.3) is 11.8 Å². The molecule has 300 valence electrons. The van der Waals surface area contributed by atoms with Crippen molar-refractivity contribution in [2.45, 2.75) is 63.8 Å². The monoisotopic (exact) mass is 782 g/mol. The molecule has 9 nitrogen and oxygen atoms in total. The number of hydrogen-bond acceptors (Lipinski definition) is 7. The number of halogens is 1. The molecule has 10 heteroatoms. The summed E-state index contributed by atoms with van der Waals surface area (Å²) in [5, 5.41) is 2.20. The summed E-state index contributed by atoms with van der Waals surface area (Å²) in [6.07, 6.45) is 4.82. The molecule has 0 aromatic heterocycles. The average molecular weight is 783 g/mol. The van der Waals surface area contributed by atoms with Gasteiger partial charge in [0, 0.05) is 19.5 Å². The Balaban J connectivity index is 0.794. The highest BCUT2D eigenvalue weighted by Gasteiger charge is 2.45. The quantitative estimate of drug-likeness (QED) is 0.117. The van der Waals surface area contributed by atoms with Gasteiger partial charge in [-0.25, -0.2) is 4.39 Å². The van der Waals surface area contributed by atoms with E-state index in [1.54, 1.807) is 0 Å². The molecule has 4 amide bonds. The second-order valence-corrected chi connectivity index (χ2v) is 16.0. The first-order chi connectivity index (χ1) is 28.3. The SMILES string of the molecule is CCC(=C(c1ccccc1)c1ccc(OCCN2CCC(CN3CCC(c4cc5c(cc4F)C(=O)N(C4CCC(=O)NC4=O)C5=O)CC3)CC2)cc1)c1ccccc1. The molecular formula is C48H51FN4O5. The number of nitrogens with zero attached hydrogens (tertiary/aromatic N) is 3. The first kappa shape index (κ1) is 39.4. The van der Waals surface area contributed by atoms with Crippen molar-refractivity contribution in [3.8, 4) is 5.75 Å². The Morgan fingerprint density at radius 3 is 1.97 bits per heavy atom. The van der Waals surface area contributed by atoms with Crippen LogP contribution in [0.3, 0.4) is 0 Å². The van der Waals surface area contributed by atoms with Gasteiger partial charge in [-0.1, -0.05) is 79.7 Å². The van der Waals surface area contributed by atoms with E-state index in [1.165, 1.54) is 33.9 Å². The van der Waals surface area contributed by atoms with E-state index in [2.05, 4.69) is 107 Å². The fourth-order valence-electron chi connectivity index (χ4n) is 9.30. The summed E-state index contributed by atoms with van der Waals surface area (Å²) in [6.45, 7) is 8.53. The van der Waals surface area contributed by atoms with Gasteiger partial charge in [0.15, 0.2) is 0 Å². The molecule has 1 N–H and O–H groups in total. The number of allylic oxidation sites excluding steroid dienone is 1. The lowest BCUT2D eigenvalue weighted by Crippen LogP contribution is -2.54. The number of rotatable bonds is 12. The lowest BCUT2D eigenvalue weighted by Gasteiger charge is -2.37. The van der Waals surface area contributed by atoms with Gasteiger partial charge in [0.2, 0.25) is 11.8 Å². The van der Waals surface area contributed by atoms with Crippen LogP contribution < -0.4 is 10.1 Å². The van der Waals surface area contributed by atoms with Gasteiger partial charge >= 0.3 is 0 Å². The van der Waals surface area contributed by atoms with Gasteiger partial charge < -0.3 is 9.64 Å². The largest absolute Gasteiger partial charge is 0.492 e. The molecule has 4 aliphatic heterocycles. The maximum absolute atomic E-state index is 15.5. The second kappa shape index (κ2) is 17.6. The maximum atomic E-state index is 15.5. The van der Waals surface area contributed by atoms with Crippen LogP contribution in [0.15, 0.2) is 97.1 Å². The minimum atomic E-state index is -1.07. The van der Waals surface area contributed by atoms with E-state index in [1.807, 2.05) is 0 Å². The summed E-state index contributed by atoms with van der Waals surface area (Å²) < 4.78 is 21.7. The van der Waals surface area contributed by atoms with E-state index in [0.29, 0.717) is 18.1 Å². The number of hydrogen-bond donors (Lipinski definition) is 1. The van der Waals surface area contributed by atoms with Crippen LogP contribution >= 0.6 is 0 Å². The molecule has 4 heterocycles. The van der Waals surface area contributed by atoms with Crippen molar-refractivity contribution in [2.24, 2.45) is 5.92 Å². The third kappa shape index (κ3) is 8.40. The van der Waals surface area contributed by atoms with Gasteiger partial charge in [0.05, 0.1) is 11.1 Å². The number of fused-ring (bicyclic) bond motifs is 1. The molecule has 4 aliphatic rings. The minimum absolute atomic E-state index is 0.0177. The topological polar surface area (TPSA) is 99.3 Å². The molecule has 0 radical (unpaired) electrons. The Bertz CT molecular complexity index is 2170. The molecule has 3 saturated heterocycles. The number of piperidine rings is 3. The van der Waals surface area contributed by atoms with Crippen LogP contribution in [0.25, 0.3) is 11.1 Å². The van der Waals surface area contributed by atoms with Gasteiger partial charge in [-0.05, 0) is 134 Å². The first-order valence-electron chi connectivity index (χ1n) is 20.8. The van der Waals surface area contributed by atoms with Crippen molar-refractivity contribution < 1.29 is 28.3 Å². The van der Waals surface area contributed by atoms with Crippen molar-refractivity contribution in [1.29, 1.82) is 0 Å². The highest BCUT2D eigenvalue weighted by molar-refractivity contribution is 6.23. The number of carbonyl (C=O) groups excluding carboxylic acids is 4. The van der Waals surface area contributed by atoms with E-state index in [4.69, 9.17) is 4.74 Å². The Morgan fingerprint density at radius 2 is 1.33 bits per heavy atom. The van der Waals surface area contributed by atoms with Crippen LogP contribution in [0.5, 0.6) is 5.75 Å². The summed E-state index contributed by atoms with van der Waals surface area (Å²) >= 11 is 0. The van der Waals surface area contributed by atoms with Crippen LogP contribution in [0.1, 0.15) is 101 Å². The van der Waals surface area contributed by atoms with Gasteiger partial charge in [-0.2, -0.15) is 0 Å². The lowest BCUT2D eigenvalue weighted by atomic mass is 9.86. The summed E-state index contributed by atoms with van der Waals surface area (Å²) in [7, 11) is 0. The standard InChI is InChI=1S/C48H51FN4O5/c1-2-38(33-9-5-3-6-10-33)45(35-11-7-4-8-12-35)36-13-15-37(16-14-36)58-28-27-51-23-19-32(20-24-51)31-52-25-21-34(22-26-52)39-29-40-41(30-42(39)49)48(57)53(47(40)56)43-17-18-44(54)50-46(43)55/h3-16,29-30,32,34,43H,2,17-28,31H2,1H3,(H,50,54,55). The Morgan fingerprint density at radius 1 is 0.724 bits per heavy atom. The summed E-state index contributed by atoms with van der Waals surface area (Å²) in [4.78, 5) is 56.4. The Kier molecular flexibility index (Phi) is 11.9. The third-order valence-corrected chi connectivity index (χ3v) is 12.5. The van der Waals surface area contributed by atoms with Crippen LogP contribution in [0.4, 0.5) is 4.39 Å². The number of likely N-dealkylation sites (tertiary alicyclic amines) is 2.